The maximum atomic E-state index is 12.0. The Kier molecular flexibility index (Phi) is 6.33. The van der Waals surface area contributed by atoms with E-state index in [4.69, 9.17) is 9.15 Å². The molecule has 1 fully saturated rings. The van der Waals surface area contributed by atoms with Crippen LogP contribution >= 0.6 is 0 Å². The van der Waals surface area contributed by atoms with Crippen LogP contribution in [-0.4, -0.2) is 37.0 Å². The average Bonchev–Trinajstić information content (AvgIpc) is 3.03. The third-order valence-corrected chi connectivity index (χ3v) is 3.85. The molecule has 0 bridgehead atoms. The summed E-state index contributed by atoms with van der Waals surface area (Å²) in [6.07, 6.45) is -3.32. The van der Waals surface area contributed by atoms with Crippen molar-refractivity contribution in [2.24, 2.45) is 0 Å². The van der Waals surface area contributed by atoms with Crippen molar-refractivity contribution in [3.05, 3.63) is 23.7 Å². The van der Waals surface area contributed by atoms with Crippen LogP contribution in [0.5, 0.6) is 0 Å². The van der Waals surface area contributed by atoms with Gasteiger partial charge in [0.2, 0.25) is 5.76 Å². The van der Waals surface area contributed by atoms with Crippen LogP contribution in [0.3, 0.4) is 0 Å². The van der Waals surface area contributed by atoms with Crippen molar-refractivity contribution in [3.8, 4) is 0 Å². The zero-order chi connectivity index (χ0) is 18.4. The standard InChI is InChI=1S/C16H20F3NO5/c1-2-11-7-8-13(24-11)14(21)25-12-5-3-10(4-6-12)20-15(22)23-9-16(17,18)19/h7-8,10,12H,2-6,9H2,1H3,(H,20,22). The van der Waals surface area contributed by atoms with Gasteiger partial charge in [-0.15, -0.1) is 0 Å². The highest BCUT2D eigenvalue weighted by Gasteiger charge is 2.31. The highest BCUT2D eigenvalue weighted by atomic mass is 19.4. The van der Waals surface area contributed by atoms with Gasteiger partial charge in [0.25, 0.3) is 0 Å². The number of ether oxygens (including phenoxy) is 2. The summed E-state index contributed by atoms with van der Waals surface area (Å²) in [6, 6.07) is 2.97. The van der Waals surface area contributed by atoms with Crippen molar-refractivity contribution in [2.75, 3.05) is 6.61 Å². The van der Waals surface area contributed by atoms with Crippen LogP contribution in [0, 0.1) is 0 Å². The van der Waals surface area contributed by atoms with Gasteiger partial charge in [-0.1, -0.05) is 6.92 Å². The fraction of sp³-hybridized carbons (Fsp3) is 0.625. The van der Waals surface area contributed by atoms with Gasteiger partial charge in [-0.2, -0.15) is 13.2 Å². The maximum absolute atomic E-state index is 12.0. The normalized spacial score (nSPS) is 20.8. The lowest BCUT2D eigenvalue weighted by Crippen LogP contribution is -2.40. The van der Waals surface area contributed by atoms with E-state index in [0.717, 1.165) is 0 Å². The summed E-state index contributed by atoms with van der Waals surface area (Å²) in [5.74, 6) is 0.297. The molecule has 2 rings (SSSR count). The second-order valence-electron chi connectivity index (χ2n) is 5.83. The molecule has 140 valence electrons. The lowest BCUT2D eigenvalue weighted by molar-refractivity contribution is -0.160. The number of aryl methyl sites for hydroxylation is 1. The summed E-state index contributed by atoms with van der Waals surface area (Å²) in [5.41, 5.74) is 0. The fourth-order valence-corrected chi connectivity index (χ4v) is 2.57. The molecular formula is C16H20F3NO5. The van der Waals surface area contributed by atoms with Crippen LogP contribution in [0.1, 0.15) is 48.9 Å². The highest BCUT2D eigenvalue weighted by molar-refractivity contribution is 5.86. The molecule has 1 saturated carbocycles. The number of amides is 1. The number of esters is 1. The van der Waals surface area contributed by atoms with Gasteiger partial charge in [-0.05, 0) is 37.8 Å². The molecule has 0 aliphatic heterocycles. The van der Waals surface area contributed by atoms with Crippen LogP contribution in [0.2, 0.25) is 0 Å². The minimum Gasteiger partial charge on any atom is -0.457 e. The quantitative estimate of drug-likeness (QED) is 0.809. The molecule has 1 aliphatic carbocycles. The van der Waals surface area contributed by atoms with E-state index in [1.807, 2.05) is 6.92 Å². The molecule has 1 aliphatic rings. The second-order valence-corrected chi connectivity index (χ2v) is 5.83. The second kappa shape index (κ2) is 8.26. The summed E-state index contributed by atoms with van der Waals surface area (Å²) in [7, 11) is 0. The van der Waals surface area contributed by atoms with Crippen molar-refractivity contribution in [1.82, 2.24) is 5.32 Å². The molecule has 0 spiro atoms. The Morgan fingerprint density at radius 1 is 1.24 bits per heavy atom. The number of alkyl carbamates (subject to hydrolysis) is 1. The molecule has 1 N–H and O–H groups in total. The van der Waals surface area contributed by atoms with Gasteiger partial charge in [0.05, 0.1) is 0 Å². The number of hydrogen-bond donors (Lipinski definition) is 1. The minimum atomic E-state index is -4.55. The van der Waals surface area contributed by atoms with Crippen molar-refractivity contribution < 1.29 is 36.7 Å². The number of carbonyl (C=O) groups excluding carboxylic acids is 2. The van der Waals surface area contributed by atoms with Crippen LogP contribution < -0.4 is 5.32 Å². The van der Waals surface area contributed by atoms with Gasteiger partial charge < -0.3 is 19.2 Å². The zero-order valence-corrected chi connectivity index (χ0v) is 13.7. The Balaban J connectivity index is 1.70. The Morgan fingerprint density at radius 3 is 2.48 bits per heavy atom. The van der Waals surface area contributed by atoms with Gasteiger partial charge in [0.1, 0.15) is 11.9 Å². The molecule has 1 aromatic rings. The highest BCUT2D eigenvalue weighted by Crippen LogP contribution is 2.23. The molecule has 0 atom stereocenters. The molecule has 1 aromatic heterocycles. The van der Waals surface area contributed by atoms with E-state index in [9.17, 15) is 22.8 Å². The Morgan fingerprint density at radius 2 is 1.92 bits per heavy atom. The number of rotatable bonds is 5. The van der Waals surface area contributed by atoms with Gasteiger partial charge in [-0.25, -0.2) is 9.59 Å². The SMILES string of the molecule is CCc1ccc(C(=O)OC2CCC(NC(=O)OCC(F)(F)F)CC2)o1. The number of hydrogen-bond acceptors (Lipinski definition) is 5. The Hall–Kier alpha value is -2.19. The maximum Gasteiger partial charge on any atom is 0.422 e. The first-order chi connectivity index (χ1) is 11.8. The lowest BCUT2D eigenvalue weighted by Gasteiger charge is -2.28. The van der Waals surface area contributed by atoms with Crippen LogP contribution in [-0.2, 0) is 15.9 Å². The summed E-state index contributed by atoms with van der Waals surface area (Å²) < 4.78 is 50.7. The van der Waals surface area contributed by atoms with Crippen LogP contribution in [0.25, 0.3) is 0 Å². The molecule has 0 unspecified atom stereocenters. The predicted molar refractivity (Wildman–Crippen MR) is 80.1 cm³/mol. The van der Waals surface area contributed by atoms with Crippen molar-refractivity contribution in [2.45, 2.75) is 57.3 Å². The van der Waals surface area contributed by atoms with Crippen LogP contribution in [0.15, 0.2) is 16.5 Å². The first kappa shape index (κ1) is 19.1. The van der Waals surface area contributed by atoms with E-state index in [1.54, 1.807) is 12.1 Å². The third kappa shape index (κ3) is 6.32. The third-order valence-electron chi connectivity index (χ3n) is 3.85. The van der Waals surface area contributed by atoms with Gasteiger partial charge >= 0.3 is 18.2 Å². The van der Waals surface area contributed by atoms with E-state index in [-0.39, 0.29) is 17.9 Å². The molecule has 9 heteroatoms. The minimum absolute atomic E-state index is 0.146. The van der Waals surface area contributed by atoms with Crippen molar-refractivity contribution in [3.63, 3.8) is 0 Å². The summed E-state index contributed by atoms with van der Waals surface area (Å²) in [5, 5.41) is 2.39. The molecule has 25 heavy (non-hydrogen) atoms. The van der Waals surface area contributed by atoms with Gasteiger partial charge in [-0.3, -0.25) is 0 Å². The molecule has 0 saturated heterocycles. The topological polar surface area (TPSA) is 77.8 Å². The fourth-order valence-electron chi connectivity index (χ4n) is 2.57. The number of furan rings is 1. The summed E-state index contributed by atoms with van der Waals surface area (Å²) in [6.45, 7) is 0.288. The van der Waals surface area contributed by atoms with Crippen molar-refractivity contribution in [1.29, 1.82) is 0 Å². The largest absolute Gasteiger partial charge is 0.457 e. The summed E-state index contributed by atoms with van der Waals surface area (Å²) >= 11 is 0. The number of nitrogens with one attached hydrogen (secondary N) is 1. The number of alkyl halides is 3. The Bertz CT molecular complexity index is 591. The van der Waals surface area contributed by atoms with E-state index in [1.165, 1.54) is 0 Å². The lowest BCUT2D eigenvalue weighted by atomic mass is 9.93. The molecule has 1 heterocycles. The van der Waals surface area contributed by atoms with E-state index < -0.39 is 24.8 Å². The first-order valence-corrected chi connectivity index (χ1v) is 8.06. The summed E-state index contributed by atoms with van der Waals surface area (Å²) in [4.78, 5) is 23.3. The van der Waals surface area contributed by atoms with E-state index in [2.05, 4.69) is 10.1 Å². The van der Waals surface area contributed by atoms with E-state index in [0.29, 0.717) is 37.9 Å². The van der Waals surface area contributed by atoms with Crippen molar-refractivity contribution >= 4 is 12.1 Å². The average molecular weight is 363 g/mol. The smallest absolute Gasteiger partial charge is 0.422 e. The Labute approximate surface area is 142 Å². The molecule has 0 radical (unpaired) electrons. The molecule has 6 nitrogen and oxygen atoms in total. The number of carbonyl (C=O) groups is 2. The molecule has 0 aromatic carbocycles. The zero-order valence-electron chi connectivity index (χ0n) is 13.7. The molecular weight excluding hydrogens is 343 g/mol. The molecule has 1 amide bonds. The van der Waals surface area contributed by atoms with Gasteiger partial charge in [0.15, 0.2) is 6.61 Å². The van der Waals surface area contributed by atoms with E-state index >= 15 is 0 Å². The van der Waals surface area contributed by atoms with Crippen LogP contribution in [0.4, 0.5) is 18.0 Å². The first-order valence-electron chi connectivity index (χ1n) is 8.06. The van der Waals surface area contributed by atoms with Gasteiger partial charge in [0, 0.05) is 12.5 Å². The number of halogens is 3. The predicted octanol–water partition coefficient (Wildman–Crippen LogP) is 3.60. The monoisotopic (exact) mass is 363 g/mol.